The van der Waals surface area contributed by atoms with Crippen molar-refractivity contribution in [3.63, 3.8) is 0 Å². The number of nitrogens with one attached hydrogen (secondary N) is 2. The van der Waals surface area contributed by atoms with E-state index in [-0.39, 0.29) is 12.2 Å². The third kappa shape index (κ3) is 4.07. The van der Waals surface area contributed by atoms with Gasteiger partial charge in [0.05, 0.1) is 0 Å². The molecule has 1 aromatic carbocycles. The summed E-state index contributed by atoms with van der Waals surface area (Å²) < 4.78 is 5.30. The van der Waals surface area contributed by atoms with Gasteiger partial charge in [-0.3, -0.25) is 0 Å². The third-order valence-electron chi connectivity index (χ3n) is 2.81. The van der Waals surface area contributed by atoms with Gasteiger partial charge < -0.3 is 15.4 Å². The average molecular weight is 234 g/mol. The van der Waals surface area contributed by atoms with Crippen molar-refractivity contribution in [1.82, 2.24) is 10.6 Å². The van der Waals surface area contributed by atoms with E-state index in [9.17, 15) is 4.79 Å². The first-order chi connectivity index (χ1) is 8.34. The van der Waals surface area contributed by atoms with Crippen LogP contribution in [-0.2, 0) is 11.3 Å². The molecule has 2 N–H and O–H groups in total. The number of rotatable bonds is 3. The van der Waals surface area contributed by atoms with Crippen LogP contribution in [-0.4, -0.2) is 25.3 Å². The molecular weight excluding hydrogens is 216 g/mol. The van der Waals surface area contributed by atoms with Crippen molar-refractivity contribution >= 4 is 6.09 Å². The van der Waals surface area contributed by atoms with Crippen LogP contribution in [0.15, 0.2) is 30.3 Å². The van der Waals surface area contributed by atoms with E-state index < -0.39 is 0 Å². The molecule has 1 saturated heterocycles. The van der Waals surface area contributed by atoms with Gasteiger partial charge in [0, 0.05) is 13.1 Å². The maximum absolute atomic E-state index is 11.5. The first-order valence-corrected chi connectivity index (χ1v) is 6.04. The van der Waals surface area contributed by atoms with Crippen LogP contribution in [0.3, 0.4) is 0 Å². The van der Waals surface area contributed by atoms with Crippen LogP contribution in [0, 0.1) is 0 Å². The Balaban J connectivity index is 1.70. The summed E-state index contributed by atoms with van der Waals surface area (Å²) in [7, 11) is 0. The molecule has 2 rings (SSSR count). The summed E-state index contributed by atoms with van der Waals surface area (Å²) in [5.41, 5.74) is 1.08. The van der Waals surface area contributed by atoms with Gasteiger partial charge >= 0.3 is 6.09 Å². The van der Waals surface area contributed by atoms with Gasteiger partial charge in [-0.05, 0) is 24.9 Å². The van der Waals surface area contributed by atoms with Gasteiger partial charge in [-0.1, -0.05) is 30.3 Å². The van der Waals surface area contributed by atoms with E-state index in [1.54, 1.807) is 0 Å². The fraction of sp³-hybridized carbons (Fsp3) is 0.462. The Labute approximate surface area is 101 Å². The SMILES string of the molecule is O=C(NCc1ccccc1)O[C@H]1CCCNC1. The molecule has 0 aromatic heterocycles. The normalized spacial score (nSPS) is 19.6. The van der Waals surface area contributed by atoms with Gasteiger partial charge in [0.15, 0.2) is 0 Å². The number of carbonyl (C=O) groups is 1. The van der Waals surface area contributed by atoms with Crippen molar-refractivity contribution in [2.75, 3.05) is 13.1 Å². The fourth-order valence-corrected chi connectivity index (χ4v) is 1.88. The van der Waals surface area contributed by atoms with Gasteiger partial charge in [0.2, 0.25) is 0 Å². The second kappa shape index (κ2) is 6.25. The lowest BCUT2D eigenvalue weighted by atomic mass is 10.1. The lowest BCUT2D eigenvalue weighted by Gasteiger charge is -2.22. The van der Waals surface area contributed by atoms with E-state index >= 15 is 0 Å². The molecule has 1 fully saturated rings. The van der Waals surface area contributed by atoms with E-state index in [4.69, 9.17) is 4.74 Å². The van der Waals surface area contributed by atoms with Crippen LogP contribution in [0.5, 0.6) is 0 Å². The molecule has 1 aliphatic rings. The first kappa shape index (κ1) is 11.9. The topological polar surface area (TPSA) is 50.4 Å². The van der Waals surface area contributed by atoms with Crippen molar-refractivity contribution in [2.24, 2.45) is 0 Å². The minimum absolute atomic E-state index is 0.0134. The molecule has 17 heavy (non-hydrogen) atoms. The zero-order valence-corrected chi connectivity index (χ0v) is 9.82. The molecular formula is C13H18N2O2. The van der Waals surface area contributed by atoms with Gasteiger partial charge in [0.25, 0.3) is 0 Å². The molecule has 0 unspecified atom stereocenters. The molecule has 92 valence electrons. The summed E-state index contributed by atoms with van der Waals surface area (Å²) >= 11 is 0. The number of benzene rings is 1. The molecule has 1 heterocycles. The maximum Gasteiger partial charge on any atom is 0.407 e. The monoisotopic (exact) mass is 234 g/mol. The fourth-order valence-electron chi connectivity index (χ4n) is 1.88. The van der Waals surface area contributed by atoms with Crippen LogP contribution in [0.2, 0.25) is 0 Å². The van der Waals surface area contributed by atoms with Crippen LogP contribution in [0.25, 0.3) is 0 Å². The molecule has 4 heteroatoms. The summed E-state index contributed by atoms with van der Waals surface area (Å²) in [6.45, 7) is 2.30. The Morgan fingerprint density at radius 1 is 1.41 bits per heavy atom. The molecule has 0 radical (unpaired) electrons. The number of hydrogen-bond acceptors (Lipinski definition) is 3. The first-order valence-electron chi connectivity index (χ1n) is 6.04. The standard InChI is InChI=1S/C13H18N2O2/c16-13(17-12-7-4-8-14-10-12)15-9-11-5-2-1-3-6-11/h1-3,5-6,12,14H,4,7-10H2,(H,15,16)/t12-/m0/s1. The molecule has 0 spiro atoms. The summed E-state index contributed by atoms with van der Waals surface area (Å²) in [6.07, 6.45) is 1.70. The minimum Gasteiger partial charge on any atom is -0.445 e. The quantitative estimate of drug-likeness (QED) is 0.836. The zero-order valence-electron chi connectivity index (χ0n) is 9.82. The molecule has 0 bridgehead atoms. The summed E-state index contributed by atoms with van der Waals surface area (Å²) in [5.74, 6) is 0. The lowest BCUT2D eigenvalue weighted by Crippen LogP contribution is -2.39. The van der Waals surface area contributed by atoms with E-state index in [0.717, 1.165) is 31.5 Å². The van der Waals surface area contributed by atoms with Gasteiger partial charge in [0.1, 0.15) is 6.10 Å². The Morgan fingerprint density at radius 3 is 2.94 bits per heavy atom. The van der Waals surface area contributed by atoms with Crippen molar-refractivity contribution in [1.29, 1.82) is 0 Å². The van der Waals surface area contributed by atoms with Crippen LogP contribution in [0.4, 0.5) is 4.79 Å². The second-order valence-corrected chi connectivity index (χ2v) is 4.21. The second-order valence-electron chi connectivity index (χ2n) is 4.21. The maximum atomic E-state index is 11.5. The summed E-state index contributed by atoms with van der Waals surface area (Å²) in [4.78, 5) is 11.5. The van der Waals surface area contributed by atoms with Gasteiger partial charge in [-0.2, -0.15) is 0 Å². The van der Waals surface area contributed by atoms with Crippen molar-refractivity contribution in [3.8, 4) is 0 Å². The van der Waals surface area contributed by atoms with Gasteiger partial charge in [-0.15, -0.1) is 0 Å². The predicted molar refractivity (Wildman–Crippen MR) is 65.7 cm³/mol. The van der Waals surface area contributed by atoms with Crippen LogP contribution >= 0.6 is 0 Å². The number of hydrogen-bond donors (Lipinski definition) is 2. The number of alkyl carbamates (subject to hydrolysis) is 1. The Hall–Kier alpha value is -1.55. The van der Waals surface area contributed by atoms with E-state index in [0.29, 0.717) is 6.54 Å². The third-order valence-corrected chi connectivity index (χ3v) is 2.81. The molecule has 0 saturated carbocycles. The Kier molecular flexibility index (Phi) is 4.38. The van der Waals surface area contributed by atoms with Crippen molar-refractivity contribution < 1.29 is 9.53 Å². The van der Waals surface area contributed by atoms with Crippen LogP contribution < -0.4 is 10.6 Å². The predicted octanol–water partition coefficient (Wildman–Crippen LogP) is 1.66. The lowest BCUT2D eigenvalue weighted by molar-refractivity contribution is 0.0821. The summed E-state index contributed by atoms with van der Waals surface area (Å²) in [6, 6.07) is 9.81. The summed E-state index contributed by atoms with van der Waals surface area (Å²) in [5, 5.41) is 5.97. The van der Waals surface area contributed by atoms with Crippen molar-refractivity contribution in [3.05, 3.63) is 35.9 Å². The highest BCUT2D eigenvalue weighted by molar-refractivity contribution is 5.67. The van der Waals surface area contributed by atoms with E-state index in [2.05, 4.69) is 10.6 Å². The minimum atomic E-state index is -0.331. The molecule has 1 aliphatic heterocycles. The number of ether oxygens (including phenoxy) is 1. The highest BCUT2D eigenvalue weighted by Gasteiger charge is 2.16. The van der Waals surface area contributed by atoms with Crippen LogP contribution in [0.1, 0.15) is 18.4 Å². The number of piperidine rings is 1. The molecule has 1 atom stereocenters. The number of carbonyl (C=O) groups excluding carboxylic acids is 1. The highest BCUT2D eigenvalue weighted by atomic mass is 16.6. The van der Waals surface area contributed by atoms with E-state index in [1.807, 2.05) is 30.3 Å². The van der Waals surface area contributed by atoms with Gasteiger partial charge in [-0.25, -0.2) is 4.79 Å². The Morgan fingerprint density at radius 2 is 2.24 bits per heavy atom. The zero-order chi connectivity index (χ0) is 11.9. The average Bonchev–Trinajstić information content (AvgIpc) is 2.39. The smallest absolute Gasteiger partial charge is 0.407 e. The highest BCUT2D eigenvalue weighted by Crippen LogP contribution is 2.06. The van der Waals surface area contributed by atoms with E-state index in [1.165, 1.54) is 0 Å². The molecule has 1 aromatic rings. The molecule has 0 aliphatic carbocycles. The largest absolute Gasteiger partial charge is 0.445 e. The Bertz CT molecular complexity index is 348. The van der Waals surface area contributed by atoms with Crippen molar-refractivity contribution in [2.45, 2.75) is 25.5 Å². The molecule has 1 amide bonds. The number of amides is 1. The molecule has 4 nitrogen and oxygen atoms in total.